The molecule has 2 unspecified atom stereocenters. The van der Waals surface area contributed by atoms with Gasteiger partial charge >= 0.3 is 0 Å². The summed E-state index contributed by atoms with van der Waals surface area (Å²) < 4.78 is 0. The third kappa shape index (κ3) is 3.84. The summed E-state index contributed by atoms with van der Waals surface area (Å²) in [7, 11) is 0. The smallest absolute Gasteiger partial charge is 0.237 e. The van der Waals surface area contributed by atoms with Crippen LogP contribution in [0.1, 0.15) is 30.7 Å². The zero-order chi connectivity index (χ0) is 20.7. The molecule has 1 fully saturated rings. The number of anilines is 2. The van der Waals surface area contributed by atoms with Crippen molar-refractivity contribution in [3.8, 4) is 0 Å². The Hall–Kier alpha value is -2.02. The summed E-state index contributed by atoms with van der Waals surface area (Å²) in [5.74, 6) is 0.477. The lowest BCUT2D eigenvalue weighted by molar-refractivity contribution is -0.118. The van der Waals surface area contributed by atoms with Crippen LogP contribution in [0.5, 0.6) is 0 Å². The van der Waals surface area contributed by atoms with Crippen LogP contribution in [0, 0.1) is 5.92 Å². The number of hydrogen-bond donors (Lipinski definition) is 2. The minimum Gasteiger partial charge on any atom is -0.325 e. The van der Waals surface area contributed by atoms with E-state index in [4.69, 9.17) is 11.6 Å². The predicted molar refractivity (Wildman–Crippen MR) is 121 cm³/mol. The van der Waals surface area contributed by atoms with Crippen LogP contribution in [0.2, 0.25) is 5.02 Å². The largest absolute Gasteiger partial charge is 0.325 e. The minimum atomic E-state index is -0.0735. The lowest BCUT2D eigenvalue weighted by atomic mass is 9.81. The van der Waals surface area contributed by atoms with E-state index in [1.165, 1.54) is 0 Å². The highest BCUT2D eigenvalue weighted by Crippen LogP contribution is 2.42. The Morgan fingerprint density at radius 2 is 1.77 bits per heavy atom. The third-order valence-electron chi connectivity index (χ3n) is 6.41. The van der Waals surface area contributed by atoms with E-state index >= 15 is 0 Å². The van der Waals surface area contributed by atoms with Crippen molar-refractivity contribution in [3.63, 3.8) is 0 Å². The number of fused-ring (bicyclic) bond motifs is 2. The molecule has 0 bridgehead atoms. The normalized spacial score (nSPS) is 24.2. The van der Waals surface area contributed by atoms with Gasteiger partial charge in [0.15, 0.2) is 0 Å². The number of rotatable bonds is 4. The molecular formula is C23H24ClN3O2S. The molecule has 7 heteroatoms. The number of carbonyl (C=O) groups is 2. The number of halogens is 1. The molecule has 0 aromatic heterocycles. The topological polar surface area (TPSA) is 61.4 Å². The number of likely N-dealkylation sites (tertiary alicyclic amines) is 1. The molecule has 5 rings (SSSR count). The van der Waals surface area contributed by atoms with Gasteiger partial charge in [0.2, 0.25) is 11.8 Å². The molecule has 1 saturated heterocycles. The number of amides is 2. The van der Waals surface area contributed by atoms with Gasteiger partial charge in [0.25, 0.3) is 0 Å². The van der Waals surface area contributed by atoms with Crippen molar-refractivity contribution >= 4 is 46.6 Å². The predicted octanol–water partition coefficient (Wildman–Crippen LogP) is 4.59. The van der Waals surface area contributed by atoms with Crippen molar-refractivity contribution in [2.75, 3.05) is 30.3 Å². The van der Waals surface area contributed by atoms with Crippen molar-refractivity contribution in [3.05, 3.63) is 53.1 Å². The van der Waals surface area contributed by atoms with Gasteiger partial charge in [0.05, 0.1) is 16.9 Å². The van der Waals surface area contributed by atoms with Gasteiger partial charge in [-0.25, -0.2) is 0 Å². The van der Waals surface area contributed by atoms with E-state index in [1.54, 1.807) is 11.8 Å². The Morgan fingerprint density at radius 3 is 2.60 bits per heavy atom. The highest BCUT2D eigenvalue weighted by Gasteiger charge is 2.38. The minimum absolute atomic E-state index is 0.0464. The molecule has 156 valence electrons. The van der Waals surface area contributed by atoms with Gasteiger partial charge in [-0.1, -0.05) is 29.8 Å². The molecule has 2 amide bonds. The van der Waals surface area contributed by atoms with Gasteiger partial charge in [-0.3, -0.25) is 9.59 Å². The average molecular weight is 442 g/mol. The van der Waals surface area contributed by atoms with Crippen molar-refractivity contribution in [1.29, 1.82) is 0 Å². The molecule has 2 aromatic carbocycles. The van der Waals surface area contributed by atoms with Crippen LogP contribution >= 0.6 is 23.4 Å². The van der Waals surface area contributed by atoms with Crippen LogP contribution in [0.3, 0.4) is 0 Å². The Kier molecular flexibility index (Phi) is 5.48. The molecule has 3 aliphatic rings. The maximum atomic E-state index is 12.6. The fourth-order valence-electron chi connectivity index (χ4n) is 4.82. The van der Waals surface area contributed by atoms with E-state index in [2.05, 4.69) is 21.6 Å². The third-order valence-corrected chi connectivity index (χ3v) is 7.99. The van der Waals surface area contributed by atoms with E-state index in [0.717, 1.165) is 60.7 Å². The van der Waals surface area contributed by atoms with Crippen LogP contribution in [0.15, 0.2) is 47.4 Å². The first-order valence-corrected chi connectivity index (χ1v) is 11.7. The Morgan fingerprint density at radius 1 is 1.00 bits per heavy atom. The second kappa shape index (κ2) is 8.25. The first-order valence-electron chi connectivity index (χ1n) is 10.5. The molecular weight excluding hydrogens is 418 g/mol. The summed E-state index contributed by atoms with van der Waals surface area (Å²) in [6.07, 6.45) is 2.82. The fourth-order valence-corrected chi connectivity index (χ4v) is 6.09. The number of carbonyl (C=O) groups excluding carboxylic acids is 2. The number of nitrogens with one attached hydrogen (secondary N) is 2. The molecule has 5 nitrogen and oxygen atoms in total. The summed E-state index contributed by atoms with van der Waals surface area (Å²) in [5, 5.41) is 6.63. The van der Waals surface area contributed by atoms with E-state index in [0.29, 0.717) is 10.9 Å². The standard InChI is InChI=1S/C23H24ClN3O2S/c24-15-5-6-16-18(13-15)26-23(29)21(16)14-7-10-27(11-8-14)12-9-20-22(28)25-17-3-1-2-4-19(17)30-20/h1-6,13-14,20-21H,7-12H2,(H,25,28)(H,26,29). The lowest BCUT2D eigenvalue weighted by Crippen LogP contribution is -2.39. The maximum Gasteiger partial charge on any atom is 0.237 e. The molecule has 0 saturated carbocycles. The molecule has 3 aliphatic heterocycles. The molecule has 2 atom stereocenters. The molecule has 30 heavy (non-hydrogen) atoms. The molecule has 2 N–H and O–H groups in total. The summed E-state index contributed by atoms with van der Waals surface area (Å²) in [6.45, 7) is 2.84. The number of nitrogens with zero attached hydrogens (tertiary/aromatic N) is 1. The van der Waals surface area contributed by atoms with Crippen molar-refractivity contribution in [2.24, 2.45) is 5.92 Å². The molecule has 3 heterocycles. The van der Waals surface area contributed by atoms with Gasteiger partial charge in [-0.15, -0.1) is 11.8 Å². The number of benzene rings is 2. The number of thioether (sulfide) groups is 1. The maximum absolute atomic E-state index is 12.6. The number of piperidine rings is 1. The van der Waals surface area contributed by atoms with E-state index in [9.17, 15) is 9.59 Å². The van der Waals surface area contributed by atoms with Gasteiger partial charge in [-0.2, -0.15) is 0 Å². The highest BCUT2D eigenvalue weighted by atomic mass is 35.5. The SMILES string of the molecule is O=C1Nc2ccccc2SC1CCN1CCC(C2C(=O)Nc3cc(Cl)ccc32)CC1. The second-order valence-electron chi connectivity index (χ2n) is 8.26. The first kappa shape index (κ1) is 19.9. The zero-order valence-corrected chi connectivity index (χ0v) is 18.1. The lowest BCUT2D eigenvalue weighted by Gasteiger charge is -2.35. The van der Waals surface area contributed by atoms with E-state index in [-0.39, 0.29) is 23.0 Å². The fraction of sp³-hybridized carbons (Fsp3) is 0.391. The second-order valence-corrected chi connectivity index (χ2v) is 9.94. The highest BCUT2D eigenvalue weighted by molar-refractivity contribution is 8.01. The summed E-state index contributed by atoms with van der Waals surface area (Å²) in [5.41, 5.74) is 2.86. The van der Waals surface area contributed by atoms with Crippen LogP contribution in [0.25, 0.3) is 0 Å². The average Bonchev–Trinajstić information content (AvgIpc) is 3.07. The summed E-state index contributed by atoms with van der Waals surface area (Å²) in [4.78, 5) is 28.6. The van der Waals surface area contributed by atoms with Crippen molar-refractivity contribution < 1.29 is 9.59 Å². The van der Waals surface area contributed by atoms with E-state index < -0.39 is 0 Å². The van der Waals surface area contributed by atoms with Gasteiger partial charge in [0, 0.05) is 15.6 Å². The van der Waals surface area contributed by atoms with E-state index in [1.807, 2.05) is 36.4 Å². The summed E-state index contributed by atoms with van der Waals surface area (Å²) >= 11 is 7.74. The van der Waals surface area contributed by atoms with Crippen LogP contribution in [-0.4, -0.2) is 41.6 Å². The van der Waals surface area contributed by atoms with Gasteiger partial charge in [-0.05, 0) is 74.6 Å². The molecule has 2 aromatic rings. The van der Waals surface area contributed by atoms with Crippen molar-refractivity contribution in [2.45, 2.75) is 35.3 Å². The monoisotopic (exact) mass is 441 g/mol. The van der Waals surface area contributed by atoms with Gasteiger partial charge in [0.1, 0.15) is 0 Å². The molecule has 0 aliphatic carbocycles. The number of para-hydroxylation sites is 1. The quantitative estimate of drug-likeness (QED) is 0.728. The Bertz CT molecular complexity index is 990. The van der Waals surface area contributed by atoms with Crippen LogP contribution in [-0.2, 0) is 9.59 Å². The summed E-state index contributed by atoms with van der Waals surface area (Å²) in [6, 6.07) is 13.7. The molecule has 0 radical (unpaired) electrons. The zero-order valence-electron chi connectivity index (χ0n) is 16.6. The molecule has 0 spiro atoms. The number of hydrogen-bond acceptors (Lipinski definition) is 4. The van der Waals surface area contributed by atoms with Crippen LogP contribution in [0.4, 0.5) is 11.4 Å². The Balaban J connectivity index is 1.16. The van der Waals surface area contributed by atoms with Crippen LogP contribution < -0.4 is 10.6 Å². The van der Waals surface area contributed by atoms with Gasteiger partial charge < -0.3 is 15.5 Å². The first-order chi connectivity index (χ1) is 14.6. The van der Waals surface area contributed by atoms with Crippen molar-refractivity contribution in [1.82, 2.24) is 4.90 Å². The Labute approximate surface area is 185 Å².